The molecule has 0 unspecified atom stereocenters. The van der Waals surface area contributed by atoms with Crippen molar-refractivity contribution in [3.8, 4) is 0 Å². The Morgan fingerprint density at radius 1 is 1.20 bits per heavy atom. The third-order valence-electron chi connectivity index (χ3n) is 5.56. The Morgan fingerprint density at radius 3 is 2.49 bits per heavy atom. The summed E-state index contributed by atoms with van der Waals surface area (Å²) in [6, 6.07) is 2.93. The lowest BCUT2D eigenvalue weighted by atomic mass is 10.0. The monoisotopic (exact) mass is 521 g/mol. The number of fused-ring (bicyclic) bond motifs is 1. The summed E-state index contributed by atoms with van der Waals surface area (Å²) < 4.78 is 18.8. The molecule has 1 fully saturated rings. The van der Waals surface area contributed by atoms with Crippen molar-refractivity contribution in [2.75, 3.05) is 26.3 Å². The van der Waals surface area contributed by atoms with Gasteiger partial charge in [-0.1, -0.05) is 25.2 Å². The fraction of sp³-hybridized carbons (Fsp3) is 0.640. The second-order valence-corrected chi connectivity index (χ2v) is 17.7. The Balaban J connectivity index is 1.77. The van der Waals surface area contributed by atoms with E-state index >= 15 is 0 Å². The molecule has 35 heavy (non-hydrogen) atoms. The molecule has 3 rings (SSSR count). The number of hydrogen-bond acceptors (Lipinski definition) is 7. The number of carbonyl (C=O) groups excluding carboxylic acids is 2. The van der Waals surface area contributed by atoms with E-state index < -0.39 is 13.7 Å². The number of hydrogen-bond donors (Lipinski definition) is 0. The minimum atomic E-state index is -1.20. The highest BCUT2D eigenvalue weighted by Gasteiger charge is 2.25. The van der Waals surface area contributed by atoms with Crippen molar-refractivity contribution in [1.82, 2.24) is 14.5 Å². The van der Waals surface area contributed by atoms with Gasteiger partial charge >= 0.3 is 12.1 Å². The van der Waals surface area contributed by atoms with E-state index in [1.165, 1.54) is 16.9 Å². The number of likely N-dealkylation sites (tertiary alicyclic amines) is 1. The van der Waals surface area contributed by atoms with E-state index in [9.17, 15) is 9.59 Å². The molecule has 0 aromatic carbocycles. The normalized spacial score (nSPS) is 14.9. The molecule has 2 aromatic heterocycles. The standard InChI is InChI=1S/C25H39N3O5SSi/c1-8-32-23(29)20-16-19-22(34-20)26-21(28(19)17-31-13-14-35(5,6)7)15-18-9-11-27(12-10-18)24(30)33-25(2,3)4/h15-16H,8-14,17H2,1-7H3. The number of aromatic nitrogens is 2. The average molecular weight is 522 g/mol. The van der Waals surface area contributed by atoms with Crippen LogP contribution in [0.5, 0.6) is 0 Å². The molecular weight excluding hydrogens is 482 g/mol. The van der Waals surface area contributed by atoms with Crippen LogP contribution in [0.25, 0.3) is 16.4 Å². The van der Waals surface area contributed by atoms with Crippen LogP contribution in [0.15, 0.2) is 11.6 Å². The fourth-order valence-electron chi connectivity index (χ4n) is 3.65. The van der Waals surface area contributed by atoms with Crippen molar-refractivity contribution in [3.63, 3.8) is 0 Å². The summed E-state index contributed by atoms with van der Waals surface area (Å²) >= 11 is 1.34. The average Bonchev–Trinajstić information content (AvgIpc) is 3.28. The zero-order valence-corrected chi connectivity index (χ0v) is 23.9. The van der Waals surface area contributed by atoms with E-state index in [0.717, 1.165) is 35.1 Å². The minimum Gasteiger partial charge on any atom is -0.462 e. The van der Waals surface area contributed by atoms with Gasteiger partial charge in [0.25, 0.3) is 0 Å². The highest BCUT2D eigenvalue weighted by Crippen LogP contribution is 2.29. The van der Waals surface area contributed by atoms with Crippen molar-refractivity contribution in [2.45, 2.75) is 78.6 Å². The molecule has 0 saturated carbocycles. The molecule has 1 saturated heterocycles. The summed E-state index contributed by atoms with van der Waals surface area (Å²) in [6.45, 7) is 17.1. The van der Waals surface area contributed by atoms with Crippen LogP contribution in [0.4, 0.5) is 4.79 Å². The third-order valence-corrected chi connectivity index (χ3v) is 8.26. The first-order valence-electron chi connectivity index (χ1n) is 12.3. The molecule has 10 heteroatoms. The van der Waals surface area contributed by atoms with Crippen LogP contribution in [0, 0.1) is 0 Å². The van der Waals surface area contributed by atoms with Crippen LogP contribution in [-0.2, 0) is 20.9 Å². The van der Waals surface area contributed by atoms with Crippen LogP contribution in [0.3, 0.4) is 0 Å². The molecule has 8 nitrogen and oxygen atoms in total. The molecule has 3 heterocycles. The maximum atomic E-state index is 12.4. The maximum Gasteiger partial charge on any atom is 0.410 e. The van der Waals surface area contributed by atoms with Crippen LogP contribution < -0.4 is 0 Å². The number of rotatable bonds is 8. The number of thiophene rings is 1. The van der Waals surface area contributed by atoms with E-state index in [0.29, 0.717) is 37.9 Å². The first-order valence-corrected chi connectivity index (χ1v) is 16.8. The second-order valence-electron chi connectivity index (χ2n) is 11.0. The zero-order chi connectivity index (χ0) is 25.8. The molecule has 0 radical (unpaired) electrons. The summed E-state index contributed by atoms with van der Waals surface area (Å²) in [6.07, 6.45) is 3.38. The number of piperidine rings is 1. The Kier molecular flexibility index (Phi) is 8.82. The van der Waals surface area contributed by atoms with Gasteiger partial charge in [-0.3, -0.25) is 4.57 Å². The molecule has 0 N–H and O–H groups in total. The Hall–Kier alpha value is -2.17. The lowest BCUT2D eigenvalue weighted by Crippen LogP contribution is -2.40. The summed E-state index contributed by atoms with van der Waals surface area (Å²) in [4.78, 5) is 32.5. The molecule has 1 aliphatic heterocycles. The molecule has 0 aliphatic carbocycles. The quantitative estimate of drug-likeness (QED) is 0.241. The van der Waals surface area contributed by atoms with Crippen molar-refractivity contribution < 1.29 is 23.8 Å². The summed E-state index contributed by atoms with van der Waals surface area (Å²) in [5.74, 6) is 0.492. The molecule has 0 atom stereocenters. The molecule has 0 bridgehead atoms. The van der Waals surface area contributed by atoms with E-state index in [1.807, 2.05) is 31.4 Å². The molecule has 1 aliphatic rings. The van der Waals surface area contributed by atoms with Crippen LogP contribution >= 0.6 is 11.3 Å². The van der Waals surface area contributed by atoms with Crippen molar-refractivity contribution in [3.05, 3.63) is 22.3 Å². The number of esters is 1. The van der Waals surface area contributed by atoms with Gasteiger partial charge in [0.15, 0.2) is 0 Å². The predicted molar refractivity (Wildman–Crippen MR) is 143 cm³/mol. The smallest absolute Gasteiger partial charge is 0.410 e. The minimum absolute atomic E-state index is 0.263. The fourth-order valence-corrected chi connectivity index (χ4v) is 5.34. The lowest BCUT2D eigenvalue weighted by Gasteiger charge is -2.31. The van der Waals surface area contributed by atoms with Gasteiger partial charge in [0.1, 0.15) is 27.9 Å². The largest absolute Gasteiger partial charge is 0.462 e. The highest BCUT2D eigenvalue weighted by atomic mass is 32.1. The van der Waals surface area contributed by atoms with Gasteiger partial charge in [-0.05, 0) is 58.7 Å². The maximum absolute atomic E-state index is 12.4. The zero-order valence-electron chi connectivity index (χ0n) is 22.1. The topological polar surface area (TPSA) is 82.9 Å². The first-order chi connectivity index (χ1) is 16.4. The molecule has 194 valence electrons. The van der Waals surface area contributed by atoms with Gasteiger partial charge < -0.3 is 19.1 Å². The number of ether oxygens (including phenoxy) is 3. The highest BCUT2D eigenvalue weighted by molar-refractivity contribution is 7.20. The van der Waals surface area contributed by atoms with Crippen LogP contribution in [0.1, 0.15) is 56.0 Å². The van der Waals surface area contributed by atoms with Crippen LogP contribution in [0.2, 0.25) is 25.7 Å². The number of carbonyl (C=O) groups is 2. The third kappa shape index (κ3) is 7.91. The van der Waals surface area contributed by atoms with Gasteiger partial charge in [-0.25, -0.2) is 14.6 Å². The van der Waals surface area contributed by atoms with Crippen LogP contribution in [-0.4, -0.2) is 66.5 Å². The molecular formula is C25H39N3O5SSi. The van der Waals surface area contributed by atoms with Gasteiger partial charge in [0.05, 0.1) is 12.1 Å². The van der Waals surface area contributed by atoms with Gasteiger partial charge in [-0.15, -0.1) is 11.3 Å². The predicted octanol–water partition coefficient (Wildman–Crippen LogP) is 6.00. The SMILES string of the molecule is CCOC(=O)c1cc2c(nc(C=C3CCN(C(=O)OC(C)(C)C)CC3)n2COCC[Si](C)(C)C)s1. The second kappa shape index (κ2) is 11.3. The van der Waals surface area contributed by atoms with E-state index in [4.69, 9.17) is 19.2 Å². The molecule has 2 aromatic rings. The van der Waals surface area contributed by atoms with Crippen molar-refractivity contribution in [2.24, 2.45) is 0 Å². The summed E-state index contributed by atoms with van der Waals surface area (Å²) in [7, 11) is -1.20. The summed E-state index contributed by atoms with van der Waals surface area (Å²) in [5.41, 5.74) is 1.61. The number of amides is 1. The Bertz CT molecular complexity index is 1070. The lowest BCUT2D eigenvalue weighted by molar-refractivity contribution is 0.0236. The number of imidazole rings is 1. The Labute approximate surface area is 213 Å². The Morgan fingerprint density at radius 2 is 1.89 bits per heavy atom. The van der Waals surface area contributed by atoms with Crippen molar-refractivity contribution in [1.29, 1.82) is 0 Å². The van der Waals surface area contributed by atoms with Gasteiger partial charge in [0.2, 0.25) is 0 Å². The van der Waals surface area contributed by atoms with Gasteiger partial charge in [0, 0.05) is 27.8 Å². The van der Waals surface area contributed by atoms with Gasteiger partial charge in [-0.2, -0.15) is 0 Å². The molecule has 1 amide bonds. The van der Waals surface area contributed by atoms with E-state index in [2.05, 4.69) is 25.7 Å². The van der Waals surface area contributed by atoms with E-state index in [-0.39, 0.29) is 12.1 Å². The van der Waals surface area contributed by atoms with E-state index in [1.54, 1.807) is 11.8 Å². The van der Waals surface area contributed by atoms with Crippen molar-refractivity contribution >= 4 is 47.9 Å². The molecule has 0 spiro atoms. The number of nitrogens with zero attached hydrogens (tertiary/aromatic N) is 3. The first kappa shape index (κ1) is 27.4. The summed E-state index contributed by atoms with van der Waals surface area (Å²) in [5, 5.41) is 0.